The maximum absolute atomic E-state index is 12.3. The van der Waals surface area contributed by atoms with Gasteiger partial charge in [-0.1, -0.05) is 13.8 Å². The summed E-state index contributed by atoms with van der Waals surface area (Å²) in [7, 11) is 0. The molecular weight excluding hydrogens is 290 g/mol. The molecule has 0 spiro atoms. The van der Waals surface area contributed by atoms with Crippen molar-refractivity contribution in [2.45, 2.75) is 52.4 Å². The Morgan fingerprint density at radius 3 is 2.65 bits per heavy atom. The third-order valence-corrected chi connectivity index (χ3v) is 6.43. The summed E-state index contributed by atoms with van der Waals surface area (Å²) < 4.78 is 0. The highest BCUT2D eigenvalue weighted by Crippen LogP contribution is 2.30. The minimum atomic E-state index is 0.0358. The Hall–Kier alpha value is -0.540. The topological polar surface area (TPSA) is 29.1 Å². The number of fused-ring (bicyclic) bond motifs is 1. The van der Waals surface area contributed by atoms with E-state index in [-0.39, 0.29) is 11.3 Å². The summed E-state index contributed by atoms with van der Waals surface area (Å²) >= 11 is 7.76. The molecule has 2 rings (SSSR count). The van der Waals surface area contributed by atoms with Gasteiger partial charge in [0, 0.05) is 22.7 Å². The molecular formula is C16H24ClNOS. The maximum Gasteiger partial charge on any atom is 0.261 e. The van der Waals surface area contributed by atoms with Crippen LogP contribution < -0.4 is 5.32 Å². The fraction of sp³-hybridized carbons (Fsp3) is 0.688. The number of thiophene rings is 1. The minimum Gasteiger partial charge on any atom is -0.351 e. The second kappa shape index (κ2) is 6.95. The van der Waals surface area contributed by atoms with E-state index < -0.39 is 0 Å². The lowest BCUT2D eigenvalue weighted by Crippen LogP contribution is -2.38. The van der Waals surface area contributed by atoms with Crippen molar-refractivity contribution < 1.29 is 4.79 Å². The van der Waals surface area contributed by atoms with Gasteiger partial charge in [-0.2, -0.15) is 0 Å². The van der Waals surface area contributed by atoms with E-state index in [4.69, 9.17) is 11.6 Å². The smallest absolute Gasteiger partial charge is 0.261 e. The number of carbonyl (C=O) groups is 1. The molecule has 0 aromatic carbocycles. The van der Waals surface area contributed by atoms with Gasteiger partial charge in [0.05, 0.1) is 4.88 Å². The molecule has 0 bridgehead atoms. The first-order valence-corrected chi connectivity index (χ1v) is 8.95. The number of aryl methyl sites for hydroxylation is 2. The van der Waals surface area contributed by atoms with E-state index in [1.165, 1.54) is 23.3 Å². The number of carbonyl (C=O) groups excluding carboxylic acids is 1. The second-order valence-corrected chi connectivity index (χ2v) is 7.19. The van der Waals surface area contributed by atoms with Gasteiger partial charge in [-0.05, 0) is 50.2 Å². The standard InChI is InChI=1S/C16H24ClNOS/c1-3-16(4-2,10-17)11-18-15(19)14-9-12-7-5-6-8-13(12)20-14/h9H,3-8,10-11H2,1-2H3,(H,18,19). The summed E-state index contributed by atoms with van der Waals surface area (Å²) in [6.45, 7) is 4.95. The molecule has 0 saturated carbocycles. The predicted octanol–water partition coefficient (Wildman–Crippen LogP) is 4.40. The van der Waals surface area contributed by atoms with E-state index >= 15 is 0 Å². The molecule has 1 aromatic heterocycles. The number of halogens is 1. The lowest BCUT2D eigenvalue weighted by atomic mass is 9.84. The first-order valence-electron chi connectivity index (χ1n) is 7.60. The summed E-state index contributed by atoms with van der Waals surface area (Å²) in [6, 6.07) is 2.09. The van der Waals surface area contributed by atoms with Crippen LogP contribution in [0.4, 0.5) is 0 Å². The Kier molecular flexibility index (Phi) is 5.50. The monoisotopic (exact) mass is 313 g/mol. The fourth-order valence-electron chi connectivity index (χ4n) is 2.69. The van der Waals surface area contributed by atoms with E-state index in [9.17, 15) is 4.79 Å². The Balaban J connectivity index is 1.99. The van der Waals surface area contributed by atoms with Crippen LogP contribution in [0.25, 0.3) is 0 Å². The third-order valence-electron chi connectivity index (χ3n) is 4.63. The number of rotatable bonds is 6. The minimum absolute atomic E-state index is 0.0358. The quantitative estimate of drug-likeness (QED) is 0.775. The third kappa shape index (κ3) is 3.37. The van der Waals surface area contributed by atoms with Crippen molar-refractivity contribution >= 4 is 28.8 Å². The predicted molar refractivity (Wildman–Crippen MR) is 87.0 cm³/mol. The van der Waals surface area contributed by atoms with Crippen molar-refractivity contribution in [1.29, 1.82) is 0 Å². The van der Waals surface area contributed by atoms with Crippen LogP contribution in [0, 0.1) is 5.41 Å². The molecule has 0 aliphatic heterocycles. The molecule has 0 atom stereocenters. The average Bonchev–Trinajstić information content (AvgIpc) is 2.93. The first-order chi connectivity index (χ1) is 9.64. The molecule has 1 amide bonds. The molecule has 1 aliphatic carbocycles. The lowest BCUT2D eigenvalue weighted by Gasteiger charge is -2.29. The molecule has 1 aliphatic rings. The van der Waals surface area contributed by atoms with Crippen molar-refractivity contribution in [1.82, 2.24) is 5.32 Å². The molecule has 0 fully saturated rings. The summed E-state index contributed by atoms with van der Waals surface area (Å²) in [4.78, 5) is 14.6. The van der Waals surface area contributed by atoms with Crippen molar-refractivity contribution in [3.8, 4) is 0 Å². The van der Waals surface area contributed by atoms with Gasteiger partial charge < -0.3 is 5.32 Å². The van der Waals surface area contributed by atoms with Crippen LogP contribution in [0.5, 0.6) is 0 Å². The first kappa shape index (κ1) is 15.8. The number of nitrogens with one attached hydrogen (secondary N) is 1. The summed E-state index contributed by atoms with van der Waals surface area (Å²) in [5, 5.41) is 3.09. The number of alkyl halides is 1. The average molecular weight is 314 g/mol. The van der Waals surface area contributed by atoms with Crippen molar-refractivity contribution in [2.75, 3.05) is 12.4 Å². The summed E-state index contributed by atoms with van der Waals surface area (Å²) in [5.41, 5.74) is 1.43. The van der Waals surface area contributed by atoms with E-state index in [0.717, 1.165) is 30.6 Å². The number of hydrogen-bond donors (Lipinski definition) is 1. The van der Waals surface area contributed by atoms with Crippen LogP contribution in [0.3, 0.4) is 0 Å². The number of amides is 1. The van der Waals surface area contributed by atoms with Crippen LogP contribution >= 0.6 is 22.9 Å². The van der Waals surface area contributed by atoms with Gasteiger partial charge in [-0.15, -0.1) is 22.9 Å². The fourth-order valence-corrected chi connectivity index (χ4v) is 4.34. The molecule has 112 valence electrons. The number of hydrogen-bond acceptors (Lipinski definition) is 2. The molecule has 1 heterocycles. The largest absolute Gasteiger partial charge is 0.351 e. The zero-order valence-corrected chi connectivity index (χ0v) is 14.0. The van der Waals surface area contributed by atoms with Gasteiger partial charge in [-0.3, -0.25) is 4.79 Å². The van der Waals surface area contributed by atoms with E-state index in [0.29, 0.717) is 12.4 Å². The molecule has 1 N–H and O–H groups in total. The van der Waals surface area contributed by atoms with Gasteiger partial charge in [0.25, 0.3) is 5.91 Å². The molecule has 0 unspecified atom stereocenters. The molecule has 2 nitrogen and oxygen atoms in total. The highest BCUT2D eigenvalue weighted by molar-refractivity contribution is 7.14. The van der Waals surface area contributed by atoms with Crippen LogP contribution in [0.2, 0.25) is 0 Å². The molecule has 1 aromatic rings. The second-order valence-electron chi connectivity index (χ2n) is 5.79. The van der Waals surface area contributed by atoms with E-state index in [2.05, 4.69) is 25.2 Å². The SMILES string of the molecule is CCC(CC)(CCl)CNC(=O)c1cc2c(s1)CCCC2. The molecule has 4 heteroatoms. The van der Waals surface area contributed by atoms with Gasteiger partial charge in [0.2, 0.25) is 0 Å². The van der Waals surface area contributed by atoms with E-state index in [1.807, 2.05) is 0 Å². The normalized spacial score (nSPS) is 14.9. The molecule has 20 heavy (non-hydrogen) atoms. The maximum atomic E-state index is 12.3. The Labute approximate surface area is 130 Å². The van der Waals surface area contributed by atoms with Gasteiger partial charge in [0.15, 0.2) is 0 Å². The lowest BCUT2D eigenvalue weighted by molar-refractivity contribution is 0.0936. The van der Waals surface area contributed by atoms with Crippen molar-refractivity contribution in [3.63, 3.8) is 0 Å². The zero-order valence-electron chi connectivity index (χ0n) is 12.4. The summed E-state index contributed by atoms with van der Waals surface area (Å²) in [5.74, 6) is 0.669. The van der Waals surface area contributed by atoms with Crippen molar-refractivity contribution in [3.05, 3.63) is 21.4 Å². The van der Waals surface area contributed by atoms with Gasteiger partial charge in [0.1, 0.15) is 0 Å². The van der Waals surface area contributed by atoms with Gasteiger partial charge >= 0.3 is 0 Å². The zero-order chi connectivity index (χ0) is 14.6. The Morgan fingerprint density at radius 2 is 2.05 bits per heavy atom. The molecule has 0 saturated heterocycles. The van der Waals surface area contributed by atoms with Crippen LogP contribution in [-0.2, 0) is 12.8 Å². The van der Waals surface area contributed by atoms with Gasteiger partial charge in [-0.25, -0.2) is 0 Å². The summed E-state index contributed by atoms with van der Waals surface area (Å²) in [6.07, 6.45) is 6.78. The Bertz CT molecular complexity index is 433. The van der Waals surface area contributed by atoms with Crippen LogP contribution in [0.1, 0.15) is 59.6 Å². The Morgan fingerprint density at radius 1 is 1.35 bits per heavy atom. The molecule has 0 radical (unpaired) electrons. The van der Waals surface area contributed by atoms with Crippen molar-refractivity contribution in [2.24, 2.45) is 5.41 Å². The highest BCUT2D eigenvalue weighted by atomic mass is 35.5. The van der Waals surface area contributed by atoms with Crippen LogP contribution in [-0.4, -0.2) is 18.3 Å². The highest BCUT2D eigenvalue weighted by Gasteiger charge is 2.26. The van der Waals surface area contributed by atoms with Crippen LogP contribution in [0.15, 0.2) is 6.07 Å². The van der Waals surface area contributed by atoms with E-state index in [1.54, 1.807) is 11.3 Å².